The average molecular weight is 431 g/mol. The maximum atomic E-state index is 6.50. The summed E-state index contributed by atoms with van der Waals surface area (Å²) in [5, 5.41) is 9.58. The molecule has 6 nitrogen and oxygen atoms in total. The van der Waals surface area contributed by atoms with E-state index in [2.05, 4.69) is 15.1 Å². The molecule has 3 aromatic rings. The van der Waals surface area contributed by atoms with Gasteiger partial charge in [-0.2, -0.15) is 0 Å². The van der Waals surface area contributed by atoms with Crippen LogP contribution in [0, 0.1) is 12.3 Å². The first-order valence-corrected chi connectivity index (χ1v) is 10.9. The van der Waals surface area contributed by atoms with E-state index < -0.39 is 0 Å². The van der Waals surface area contributed by atoms with Crippen LogP contribution in [0.25, 0.3) is 16.8 Å². The summed E-state index contributed by atoms with van der Waals surface area (Å²) in [6.07, 6.45) is 7.61. The molecule has 1 atom stereocenters. The number of hydrogen-bond acceptors (Lipinski definition) is 5. The quantitative estimate of drug-likeness (QED) is 0.647. The van der Waals surface area contributed by atoms with E-state index in [0.717, 1.165) is 60.8 Å². The summed E-state index contributed by atoms with van der Waals surface area (Å²) in [4.78, 5) is 7.29. The summed E-state index contributed by atoms with van der Waals surface area (Å²) in [6, 6.07) is 5.95. The summed E-state index contributed by atoms with van der Waals surface area (Å²) < 4.78 is 1.96. The standard InChI is InChI=1S/C21H24Cl2N6/c1-13-17(14-4-2-5-15(22)18(14)23)19-27-25-12-29(19)20(26-13)28-10-8-21(9-11-28)7-3-6-16(21)24/h2,4-5,12,16H,3,6-11,24H2,1H3/t16-/m1/s1. The Hall–Kier alpha value is -1.89. The van der Waals surface area contributed by atoms with Crippen molar-refractivity contribution in [2.24, 2.45) is 11.1 Å². The number of nitrogens with two attached hydrogens (primary N) is 1. The van der Waals surface area contributed by atoms with Gasteiger partial charge in [0.1, 0.15) is 6.33 Å². The summed E-state index contributed by atoms with van der Waals surface area (Å²) in [6.45, 7) is 3.89. The minimum absolute atomic E-state index is 0.312. The Labute approximate surface area is 180 Å². The Bertz CT molecular complexity index is 1070. The molecule has 1 aliphatic heterocycles. The van der Waals surface area contributed by atoms with Crippen molar-refractivity contribution < 1.29 is 0 Å². The van der Waals surface area contributed by atoms with Crippen molar-refractivity contribution in [3.05, 3.63) is 40.3 Å². The molecule has 0 amide bonds. The van der Waals surface area contributed by atoms with Crippen LogP contribution in [0.5, 0.6) is 0 Å². The molecule has 8 heteroatoms. The molecular formula is C21H24Cl2N6. The first-order chi connectivity index (χ1) is 14.0. The maximum Gasteiger partial charge on any atom is 0.212 e. The Balaban J connectivity index is 1.54. The molecule has 2 fully saturated rings. The van der Waals surface area contributed by atoms with Crippen molar-refractivity contribution in [2.75, 3.05) is 18.0 Å². The Morgan fingerprint density at radius 3 is 2.69 bits per heavy atom. The number of aromatic nitrogens is 4. The molecule has 2 aromatic heterocycles. The number of halogens is 2. The van der Waals surface area contributed by atoms with E-state index in [1.807, 2.05) is 23.5 Å². The zero-order valence-electron chi connectivity index (χ0n) is 16.4. The van der Waals surface area contributed by atoms with Crippen molar-refractivity contribution in [1.29, 1.82) is 0 Å². The molecule has 0 bridgehead atoms. The van der Waals surface area contributed by atoms with Crippen LogP contribution >= 0.6 is 23.2 Å². The van der Waals surface area contributed by atoms with Crippen LogP contribution in [0.4, 0.5) is 5.95 Å². The van der Waals surface area contributed by atoms with E-state index >= 15 is 0 Å². The number of rotatable bonds is 2. The molecule has 5 rings (SSSR count). The molecule has 3 heterocycles. The molecular weight excluding hydrogens is 407 g/mol. The highest BCUT2D eigenvalue weighted by molar-refractivity contribution is 6.43. The topological polar surface area (TPSA) is 72.3 Å². The minimum Gasteiger partial charge on any atom is -0.342 e. The van der Waals surface area contributed by atoms with Crippen LogP contribution in [0.3, 0.4) is 0 Å². The first kappa shape index (κ1) is 19.1. The lowest BCUT2D eigenvalue weighted by molar-refractivity contribution is 0.197. The molecule has 2 N–H and O–H groups in total. The van der Waals surface area contributed by atoms with Gasteiger partial charge in [0.15, 0.2) is 5.65 Å². The zero-order chi connectivity index (χ0) is 20.2. The van der Waals surface area contributed by atoms with Gasteiger partial charge in [0.05, 0.1) is 15.7 Å². The van der Waals surface area contributed by atoms with E-state index in [1.54, 1.807) is 12.4 Å². The third kappa shape index (κ3) is 3.00. The Morgan fingerprint density at radius 1 is 1.17 bits per heavy atom. The SMILES string of the molecule is Cc1nc(N2CCC3(CCC[C@H]3N)CC2)n2cnnc2c1-c1cccc(Cl)c1Cl. The number of anilines is 1. The molecule has 0 unspecified atom stereocenters. The number of piperidine rings is 1. The van der Waals surface area contributed by atoms with Gasteiger partial charge in [0, 0.05) is 30.3 Å². The average Bonchev–Trinajstić information content (AvgIpc) is 3.33. The van der Waals surface area contributed by atoms with Crippen LogP contribution in [-0.2, 0) is 0 Å². The van der Waals surface area contributed by atoms with E-state index in [-0.39, 0.29) is 0 Å². The lowest BCUT2D eigenvalue weighted by Crippen LogP contribution is -2.47. The summed E-state index contributed by atoms with van der Waals surface area (Å²) >= 11 is 12.8. The van der Waals surface area contributed by atoms with Crippen LogP contribution < -0.4 is 10.6 Å². The van der Waals surface area contributed by atoms with E-state index in [9.17, 15) is 0 Å². The molecule has 0 radical (unpaired) electrons. The van der Waals surface area contributed by atoms with Gasteiger partial charge in [-0.3, -0.25) is 4.40 Å². The van der Waals surface area contributed by atoms with Crippen LogP contribution in [0.15, 0.2) is 24.5 Å². The monoisotopic (exact) mass is 430 g/mol. The van der Waals surface area contributed by atoms with Gasteiger partial charge >= 0.3 is 0 Å². The molecule has 1 aromatic carbocycles. The molecule has 1 saturated heterocycles. The van der Waals surface area contributed by atoms with Crippen molar-refractivity contribution in [3.8, 4) is 11.1 Å². The number of nitrogens with zero attached hydrogens (tertiary/aromatic N) is 5. The highest BCUT2D eigenvalue weighted by atomic mass is 35.5. The van der Waals surface area contributed by atoms with Crippen molar-refractivity contribution in [3.63, 3.8) is 0 Å². The molecule has 1 spiro atoms. The van der Waals surface area contributed by atoms with Gasteiger partial charge in [0.2, 0.25) is 5.95 Å². The highest BCUT2D eigenvalue weighted by Crippen LogP contribution is 2.46. The molecule has 1 aliphatic carbocycles. The second-order valence-corrected chi connectivity index (χ2v) is 9.13. The second-order valence-electron chi connectivity index (χ2n) is 8.35. The van der Waals surface area contributed by atoms with Crippen molar-refractivity contribution in [1.82, 2.24) is 19.6 Å². The van der Waals surface area contributed by atoms with Gasteiger partial charge in [-0.15, -0.1) is 10.2 Å². The zero-order valence-corrected chi connectivity index (χ0v) is 17.9. The lowest BCUT2D eigenvalue weighted by Gasteiger charge is -2.42. The van der Waals surface area contributed by atoms with Gasteiger partial charge in [0.25, 0.3) is 0 Å². The Morgan fingerprint density at radius 2 is 1.97 bits per heavy atom. The highest BCUT2D eigenvalue weighted by Gasteiger charge is 2.43. The summed E-state index contributed by atoms with van der Waals surface area (Å²) in [5.74, 6) is 0.880. The van der Waals surface area contributed by atoms with Gasteiger partial charge < -0.3 is 10.6 Å². The lowest BCUT2D eigenvalue weighted by atomic mass is 9.74. The number of fused-ring (bicyclic) bond motifs is 1. The number of aryl methyl sites for hydroxylation is 1. The third-order valence-electron chi connectivity index (χ3n) is 6.86. The predicted molar refractivity (Wildman–Crippen MR) is 117 cm³/mol. The normalized spacial score (nSPS) is 21.4. The molecule has 2 aliphatic rings. The largest absolute Gasteiger partial charge is 0.342 e. The predicted octanol–water partition coefficient (Wildman–Crippen LogP) is 4.50. The summed E-state index contributed by atoms with van der Waals surface area (Å²) in [7, 11) is 0. The van der Waals surface area contributed by atoms with Crippen LogP contribution in [-0.4, -0.2) is 38.7 Å². The molecule has 29 heavy (non-hydrogen) atoms. The van der Waals surface area contributed by atoms with Crippen molar-refractivity contribution >= 4 is 34.8 Å². The number of hydrogen-bond donors (Lipinski definition) is 1. The fourth-order valence-electron chi connectivity index (χ4n) is 5.15. The van der Waals surface area contributed by atoms with Gasteiger partial charge in [-0.25, -0.2) is 4.98 Å². The fraction of sp³-hybridized carbons (Fsp3) is 0.476. The van der Waals surface area contributed by atoms with E-state index in [0.29, 0.717) is 21.5 Å². The smallest absolute Gasteiger partial charge is 0.212 e. The molecule has 1 saturated carbocycles. The van der Waals surface area contributed by atoms with Crippen LogP contribution in [0.2, 0.25) is 10.0 Å². The fourth-order valence-corrected chi connectivity index (χ4v) is 5.54. The first-order valence-electron chi connectivity index (χ1n) is 10.2. The third-order valence-corrected chi connectivity index (χ3v) is 7.67. The summed E-state index contributed by atoms with van der Waals surface area (Å²) in [5.41, 5.74) is 10.1. The van der Waals surface area contributed by atoms with Gasteiger partial charge in [-0.1, -0.05) is 41.8 Å². The van der Waals surface area contributed by atoms with Gasteiger partial charge in [-0.05, 0) is 44.1 Å². The molecule has 152 valence electrons. The second kappa shape index (κ2) is 7.11. The Kier molecular flexibility index (Phi) is 4.68. The number of benzene rings is 1. The van der Waals surface area contributed by atoms with Crippen LogP contribution in [0.1, 0.15) is 37.8 Å². The van der Waals surface area contributed by atoms with E-state index in [1.165, 1.54) is 12.8 Å². The minimum atomic E-state index is 0.312. The maximum absolute atomic E-state index is 6.50. The van der Waals surface area contributed by atoms with Crippen molar-refractivity contribution in [2.45, 2.75) is 45.1 Å². The van der Waals surface area contributed by atoms with E-state index in [4.69, 9.17) is 33.9 Å².